The van der Waals surface area contributed by atoms with Crippen molar-refractivity contribution >= 4 is 21.6 Å². The average molecular weight is 431 g/mol. The van der Waals surface area contributed by atoms with Crippen molar-refractivity contribution in [2.45, 2.75) is 50.8 Å². The molecule has 30 heavy (non-hydrogen) atoms. The van der Waals surface area contributed by atoms with E-state index in [1.54, 1.807) is 12.1 Å². The van der Waals surface area contributed by atoms with Gasteiger partial charge in [0, 0.05) is 18.8 Å². The van der Waals surface area contributed by atoms with Gasteiger partial charge in [0.05, 0.1) is 4.90 Å². The van der Waals surface area contributed by atoms with Crippen LogP contribution in [0.1, 0.15) is 50.2 Å². The predicted molar refractivity (Wildman–Crippen MR) is 118 cm³/mol. The van der Waals surface area contributed by atoms with Crippen molar-refractivity contribution in [1.82, 2.24) is 4.31 Å². The van der Waals surface area contributed by atoms with Gasteiger partial charge in [-0.25, -0.2) is 8.42 Å². The first-order chi connectivity index (χ1) is 14.3. The summed E-state index contributed by atoms with van der Waals surface area (Å²) in [6.07, 6.45) is 2.86. The molecule has 0 spiro atoms. The summed E-state index contributed by atoms with van der Waals surface area (Å²) in [4.78, 5) is 12.6. The molecule has 0 radical (unpaired) electrons. The van der Waals surface area contributed by atoms with Gasteiger partial charge in [-0.3, -0.25) is 4.79 Å². The molecule has 0 bridgehead atoms. The Kier molecular flexibility index (Phi) is 7.15. The summed E-state index contributed by atoms with van der Waals surface area (Å²) in [6, 6.07) is 12.3. The third-order valence-corrected chi connectivity index (χ3v) is 7.15. The number of rotatable bonds is 7. The van der Waals surface area contributed by atoms with Crippen LogP contribution in [-0.2, 0) is 14.8 Å². The molecule has 6 nitrogen and oxygen atoms in total. The summed E-state index contributed by atoms with van der Waals surface area (Å²) in [6.45, 7) is 7.16. The number of hydrogen-bond acceptors (Lipinski definition) is 4. The molecule has 1 N–H and O–H groups in total. The summed E-state index contributed by atoms with van der Waals surface area (Å²) in [5.74, 6) is 0.707. The first-order valence-electron chi connectivity index (χ1n) is 10.4. The molecule has 0 saturated carbocycles. The lowest BCUT2D eigenvalue weighted by atomic mass is 10.0. The number of nitrogens with zero attached hydrogens (tertiary/aromatic N) is 1. The van der Waals surface area contributed by atoms with Crippen LogP contribution in [0.25, 0.3) is 0 Å². The molecule has 1 saturated heterocycles. The number of carbonyl (C=O) groups excluding carboxylic acids is 1. The molecule has 162 valence electrons. The van der Waals surface area contributed by atoms with Crippen LogP contribution in [0.5, 0.6) is 5.75 Å². The molecule has 2 aromatic carbocycles. The summed E-state index contributed by atoms with van der Waals surface area (Å²) in [7, 11) is -3.47. The van der Waals surface area contributed by atoms with Gasteiger partial charge >= 0.3 is 0 Å². The maximum Gasteiger partial charge on any atom is 0.262 e. The van der Waals surface area contributed by atoms with Crippen molar-refractivity contribution in [3.8, 4) is 5.75 Å². The Bertz CT molecular complexity index is 979. The zero-order valence-electron chi connectivity index (χ0n) is 17.8. The van der Waals surface area contributed by atoms with E-state index in [0.29, 0.717) is 24.5 Å². The number of nitrogens with one attached hydrogen (secondary N) is 1. The number of sulfonamides is 1. The van der Waals surface area contributed by atoms with Gasteiger partial charge in [0.1, 0.15) is 5.75 Å². The van der Waals surface area contributed by atoms with E-state index in [4.69, 9.17) is 4.74 Å². The minimum atomic E-state index is -3.47. The van der Waals surface area contributed by atoms with Crippen LogP contribution in [0.4, 0.5) is 5.69 Å². The van der Waals surface area contributed by atoms with E-state index in [1.807, 2.05) is 25.1 Å². The van der Waals surface area contributed by atoms with Crippen LogP contribution >= 0.6 is 0 Å². The van der Waals surface area contributed by atoms with E-state index in [0.717, 1.165) is 30.4 Å². The van der Waals surface area contributed by atoms with Gasteiger partial charge in [-0.1, -0.05) is 32.4 Å². The second kappa shape index (κ2) is 9.62. The van der Waals surface area contributed by atoms with E-state index >= 15 is 0 Å². The Morgan fingerprint density at radius 2 is 1.73 bits per heavy atom. The van der Waals surface area contributed by atoms with Gasteiger partial charge in [-0.05, 0) is 67.1 Å². The summed E-state index contributed by atoms with van der Waals surface area (Å²) in [5.41, 5.74) is 2.66. The Morgan fingerprint density at radius 1 is 1.07 bits per heavy atom. The molecular formula is C23H30N2O4S. The number of amides is 1. The quantitative estimate of drug-likeness (QED) is 0.710. The maximum atomic E-state index is 12.7. The number of benzene rings is 2. The highest BCUT2D eigenvalue weighted by Crippen LogP contribution is 2.27. The lowest BCUT2D eigenvalue weighted by Gasteiger charge is -2.25. The first-order valence-corrected chi connectivity index (χ1v) is 11.8. The average Bonchev–Trinajstić information content (AvgIpc) is 2.73. The molecule has 0 unspecified atom stereocenters. The highest BCUT2D eigenvalue weighted by atomic mass is 32.2. The number of hydrogen-bond donors (Lipinski definition) is 1. The molecular weight excluding hydrogens is 400 g/mol. The fourth-order valence-corrected chi connectivity index (χ4v) is 5.07. The fourth-order valence-electron chi connectivity index (χ4n) is 3.55. The monoisotopic (exact) mass is 430 g/mol. The molecule has 2 aromatic rings. The van der Waals surface area contributed by atoms with Crippen LogP contribution < -0.4 is 10.1 Å². The van der Waals surface area contributed by atoms with E-state index in [2.05, 4.69) is 19.2 Å². The van der Waals surface area contributed by atoms with E-state index in [1.165, 1.54) is 16.4 Å². The predicted octanol–water partition coefficient (Wildman–Crippen LogP) is 4.31. The molecule has 1 fully saturated rings. The van der Waals surface area contributed by atoms with Gasteiger partial charge in [0.25, 0.3) is 5.91 Å². The zero-order chi connectivity index (χ0) is 21.7. The first kappa shape index (κ1) is 22.3. The highest BCUT2D eigenvalue weighted by molar-refractivity contribution is 7.89. The summed E-state index contributed by atoms with van der Waals surface area (Å²) >= 11 is 0. The van der Waals surface area contributed by atoms with Gasteiger partial charge in [0.15, 0.2) is 6.61 Å². The lowest BCUT2D eigenvalue weighted by molar-refractivity contribution is -0.118. The molecule has 0 atom stereocenters. The van der Waals surface area contributed by atoms with Crippen LogP contribution in [-0.4, -0.2) is 38.3 Å². The normalized spacial score (nSPS) is 15.2. The maximum absolute atomic E-state index is 12.7. The van der Waals surface area contributed by atoms with Crippen LogP contribution in [0.15, 0.2) is 47.4 Å². The highest BCUT2D eigenvalue weighted by Gasteiger charge is 2.25. The molecule has 0 aromatic heterocycles. The molecule has 1 aliphatic rings. The van der Waals surface area contributed by atoms with Crippen molar-refractivity contribution in [1.29, 1.82) is 0 Å². The smallest absolute Gasteiger partial charge is 0.262 e. The van der Waals surface area contributed by atoms with Gasteiger partial charge in [0.2, 0.25) is 10.0 Å². The van der Waals surface area contributed by atoms with Gasteiger partial charge < -0.3 is 10.1 Å². The SMILES string of the molecule is Cc1ccc(C(C)C)c(OCC(=O)Nc2ccc(S(=O)(=O)N3CCCCC3)cc2)c1. The molecule has 7 heteroatoms. The molecule has 0 aliphatic carbocycles. The van der Waals surface area contributed by atoms with Gasteiger partial charge in [-0.2, -0.15) is 4.31 Å². The standard InChI is InChI=1S/C23H30N2O4S/c1-17(2)21-12-7-18(3)15-22(21)29-16-23(26)24-19-8-10-20(11-9-19)30(27,28)25-13-5-4-6-14-25/h7-12,15,17H,4-6,13-14,16H2,1-3H3,(H,24,26). The van der Waals surface area contributed by atoms with Gasteiger partial charge in [-0.15, -0.1) is 0 Å². The van der Waals surface area contributed by atoms with Crippen molar-refractivity contribution in [3.63, 3.8) is 0 Å². The van der Waals surface area contributed by atoms with Crippen molar-refractivity contribution in [2.24, 2.45) is 0 Å². The molecule has 3 rings (SSSR count). The zero-order valence-corrected chi connectivity index (χ0v) is 18.7. The minimum absolute atomic E-state index is 0.114. The molecule has 1 heterocycles. The van der Waals surface area contributed by atoms with Crippen molar-refractivity contribution in [2.75, 3.05) is 25.0 Å². The lowest BCUT2D eigenvalue weighted by Crippen LogP contribution is -2.35. The fraction of sp³-hybridized carbons (Fsp3) is 0.435. The third-order valence-electron chi connectivity index (χ3n) is 5.24. The van der Waals surface area contributed by atoms with E-state index in [-0.39, 0.29) is 23.3 Å². The third kappa shape index (κ3) is 5.40. The van der Waals surface area contributed by atoms with Crippen LogP contribution in [0.2, 0.25) is 0 Å². The number of piperidine rings is 1. The summed E-state index contributed by atoms with van der Waals surface area (Å²) in [5, 5.41) is 2.76. The van der Waals surface area contributed by atoms with Crippen LogP contribution in [0.3, 0.4) is 0 Å². The van der Waals surface area contributed by atoms with E-state index < -0.39 is 10.0 Å². The topological polar surface area (TPSA) is 75.7 Å². The Hall–Kier alpha value is -2.38. The molecule has 1 aliphatic heterocycles. The Balaban J connectivity index is 1.61. The number of ether oxygens (including phenoxy) is 1. The summed E-state index contributed by atoms with van der Waals surface area (Å²) < 4.78 is 32.7. The van der Waals surface area contributed by atoms with Crippen LogP contribution in [0, 0.1) is 6.92 Å². The van der Waals surface area contributed by atoms with Crippen molar-refractivity contribution < 1.29 is 17.9 Å². The van der Waals surface area contributed by atoms with E-state index in [9.17, 15) is 13.2 Å². The number of anilines is 1. The Morgan fingerprint density at radius 3 is 2.37 bits per heavy atom. The second-order valence-corrected chi connectivity index (χ2v) is 9.96. The number of aryl methyl sites for hydroxylation is 1. The second-order valence-electron chi connectivity index (χ2n) is 8.02. The molecule has 1 amide bonds. The number of carbonyl (C=O) groups is 1. The Labute approximate surface area is 179 Å². The minimum Gasteiger partial charge on any atom is -0.483 e. The van der Waals surface area contributed by atoms with Crippen molar-refractivity contribution in [3.05, 3.63) is 53.6 Å². The largest absolute Gasteiger partial charge is 0.483 e.